The molecule has 1 aromatic carbocycles. The van der Waals surface area contributed by atoms with Gasteiger partial charge in [-0.25, -0.2) is 0 Å². The molecule has 106 valence electrons. The highest BCUT2D eigenvalue weighted by Crippen LogP contribution is 2.26. The number of hydrogen-bond donors (Lipinski definition) is 1. The summed E-state index contributed by atoms with van der Waals surface area (Å²) in [5.41, 5.74) is 3.13. The third-order valence-corrected chi connectivity index (χ3v) is 3.70. The topological polar surface area (TPSA) is 12.0 Å². The number of benzene rings is 1. The maximum absolute atomic E-state index is 4.00. The molecule has 0 bridgehead atoms. The molecule has 1 N–H and O–H groups in total. The minimum Gasteiger partial charge on any atom is -0.316 e. The lowest BCUT2D eigenvalue weighted by molar-refractivity contribution is 0.396. The second-order valence-corrected chi connectivity index (χ2v) is 6.76. The molecule has 1 heteroatoms. The van der Waals surface area contributed by atoms with Crippen molar-refractivity contribution in [3.05, 3.63) is 48.0 Å². The second kappa shape index (κ2) is 6.38. The fraction of sp³-hybridized carbons (Fsp3) is 0.556. The zero-order valence-corrected chi connectivity index (χ0v) is 13.2. The molecule has 0 aliphatic heterocycles. The third-order valence-electron chi connectivity index (χ3n) is 3.70. The fourth-order valence-electron chi connectivity index (χ4n) is 2.21. The SMILES string of the molecule is C=CC(C)(CNCC)Cc1ccc(C(C)(C)C)cc1. The van der Waals surface area contributed by atoms with Gasteiger partial charge in [-0.2, -0.15) is 0 Å². The average Bonchev–Trinajstić information content (AvgIpc) is 2.36. The van der Waals surface area contributed by atoms with E-state index in [1.54, 1.807) is 0 Å². The van der Waals surface area contributed by atoms with E-state index in [1.165, 1.54) is 11.1 Å². The summed E-state index contributed by atoms with van der Waals surface area (Å²) in [5.74, 6) is 0. The Hall–Kier alpha value is -1.08. The van der Waals surface area contributed by atoms with E-state index in [0.29, 0.717) is 0 Å². The van der Waals surface area contributed by atoms with Crippen LogP contribution in [0.25, 0.3) is 0 Å². The molecule has 19 heavy (non-hydrogen) atoms. The van der Waals surface area contributed by atoms with E-state index in [1.807, 2.05) is 0 Å². The number of rotatable bonds is 6. The molecule has 0 saturated carbocycles. The van der Waals surface area contributed by atoms with Crippen LogP contribution >= 0.6 is 0 Å². The molecule has 0 saturated heterocycles. The first-order valence-electron chi connectivity index (χ1n) is 7.24. The van der Waals surface area contributed by atoms with Crippen molar-refractivity contribution in [2.75, 3.05) is 13.1 Å². The van der Waals surface area contributed by atoms with Crippen molar-refractivity contribution in [3.8, 4) is 0 Å². The highest BCUT2D eigenvalue weighted by atomic mass is 14.9. The Morgan fingerprint density at radius 3 is 2.11 bits per heavy atom. The van der Waals surface area contributed by atoms with E-state index in [-0.39, 0.29) is 10.8 Å². The van der Waals surface area contributed by atoms with Gasteiger partial charge in [0.15, 0.2) is 0 Å². The minimum atomic E-state index is 0.124. The molecule has 0 aliphatic carbocycles. The summed E-state index contributed by atoms with van der Waals surface area (Å²) in [6.07, 6.45) is 3.11. The Labute approximate surface area is 119 Å². The van der Waals surface area contributed by atoms with E-state index in [0.717, 1.165) is 19.5 Å². The second-order valence-electron chi connectivity index (χ2n) is 6.76. The molecule has 0 amide bonds. The summed E-state index contributed by atoms with van der Waals surface area (Å²) in [7, 11) is 0. The summed E-state index contributed by atoms with van der Waals surface area (Å²) in [5, 5.41) is 3.42. The van der Waals surface area contributed by atoms with Crippen LogP contribution in [-0.2, 0) is 11.8 Å². The fourth-order valence-corrected chi connectivity index (χ4v) is 2.21. The molecule has 1 aromatic rings. The standard InChI is InChI=1S/C18H29N/c1-7-18(6,14-19-8-2)13-15-9-11-16(12-10-15)17(3,4)5/h7,9-12,19H,1,8,13-14H2,2-6H3. The van der Waals surface area contributed by atoms with Crippen LogP contribution in [0.3, 0.4) is 0 Å². The average molecular weight is 259 g/mol. The largest absolute Gasteiger partial charge is 0.316 e. The maximum atomic E-state index is 4.00. The highest BCUT2D eigenvalue weighted by molar-refractivity contribution is 5.28. The van der Waals surface area contributed by atoms with Gasteiger partial charge in [-0.1, -0.05) is 65.0 Å². The first kappa shape index (κ1) is 16.0. The quantitative estimate of drug-likeness (QED) is 0.750. The van der Waals surface area contributed by atoms with Crippen LogP contribution in [0, 0.1) is 5.41 Å². The van der Waals surface area contributed by atoms with Crippen molar-refractivity contribution < 1.29 is 0 Å². The number of nitrogens with one attached hydrogen (secondary N) is 1. The molecule has 0 fully saturated rings. The van der Waals surface area contributed by atoms with Crippen molar-refractivity contribution in [2.24, 2.45) is 5.41 Å². The van der Waals surface area contributed by atoms with Crippen LogP contribution < -0.4 is 5.32 Å². The minimum absolute atomic E-state index is 0.124. The first-order valence-corrected chi connectivity index (χ1v) is 7.24. The Balaban J connectivity index is 2.78. The molecule has 0 aliphatic rings. The molecule has 1 unspecified atom stereocenters. The summed E-state index contributed by atoms with van der Waals surface area (Å²) in [4.78, 5) is 0. The van der Waals surface area contributed by atoms with Crippen LogP contribution in [0.15, 0.2) is 36.9 Å². The van der Waals surface area contributed by atoms with Gasteiger partial charge in [0.1, 0.15) is 0 Å². The maximum Gasteiger partial charge on any atom is 0.00428 e. The predicted molar refractivity (Wildman–Crippen MR) is 85.7 cm³/mol. The summed E-state index contributed by atoms with van der Waals surface area (Å²) < 4.78 is 0. The van der Waals surface area contributed by atoms with Crippen molar-refractivity contribution in [1.29, 1.82) is 0 Å². The predicted octanol–water partition coefficient (Wildman–Crippen LogP) is 4.33. The molecular formula is C18H29N. The van der Waals surface area contributed by atoms with Gasteiger partial charge in [0, 0.05) is 12.0 Å². The van der Waals surface area contributed by atoms with Gasteiger partial charge >= 0.3 is 0 Å². The van der Waals surface area contributed by atoms with E-state index in [2.05, 4.69) is 76.9 Å². The molecule has 1 atom stereocenters. The molecule has 0 spiro atoms. The van der Waals surface area contributed by atoms with Crippen molar-refractivity contribution in [1.82, 2.24) is 5.32 Å². The summed E-state index contributed by atoms with van der Waals surface area (Å²) in [6.45, 7) is 17.1. The van der Waals surface area contributed by atoms with Gasteiger partial charge in [-0.3, -0.25) is 0 Å². The third kappa shape index (κ3) is 4.83. The lowest BCUT2D eigenvalue weighted by Gasteiger charge is -2.27. The van der Waals surface area contributed by atoms with E-state index in [4.69, 9.17) is 0 Å². The zero-order valence-electron chi connectivity index (χ0n) is 13.2. The lowest BCUT2D eigenvalue weighted by Crippen LogP contribution is -2.31. The van der Waals surface area contributed by atoms with Gasteiger partial charge < -0.3 is 5.32 Å². The molecule has 1 nitrogen and oxygen atoms in total. The first-order chi connectivity index (χ1) is 8.80. The van der Waals surface area contributed by atoms with Crippen molar-refractivity contribution in [3.63, 3.8) is 0 Å². The molecule has 0 radical (unpaired) electrons. The van der Waals surface area contributed by atoms with Crippen LogP contribution in [0.1, 0.15) is 45.7 Å². The molecule has 1 rings (SSSR count). The molecule has 0 heterocycles. The van der Waals surface area contributed by atoms with E-state index in [9.17, 15) is 0 Å². The Morgan fingerprint density at radius 1 is 1.11 bits per heavy atom. The van der Waals surface area contributed by atoms with Crippen LogP contribution in [0.5, 0.6) is 0 Å². The Morgan fingerprint density at radius 2 is 1.68 bits per heavy atom. The molecular weight excluding hydrogens is 230 g/mol. The van der Waals surface area contributed by atoms with Gasteiger partial charge in [0.2, 0.25) is 0 Å². The van der Waals surface area contributed by atoms with E-state index >= 15 is 0 Å². The van der Waals surface area contributed by atoms with E-state index < -0.39 is 0 Å². The van der Waals surface area contributed by atoms with Crippen LogP contribution in [0.4, 0.5) is 0 Å². The monoisotopic (exact) mass is 259 g/mol. The van der Waals surface area contributed by atoms with Crippen LogP contribution in [-0.4, -0.2) is 13.1 Å². The van der Waals surface area contributed by atoms with Gasteiger partial charge in [0.05, 0.1) is 0 Å². The van der Waals surface area contributed by atoms with Gasteiger partial charge in [-0.05, 0) is 29.5 Å². The van der Waals surface area contributed by atoms with Crippen molar-refractivity contribution >= 4 is 0 Å². The lowest BCUT2D eigenvalue weighted by atomic mass is 9.82. The highest BCUT2D eigenvalue weighted by Gasteiger charge is 2.20. The van der Waals surface area contributed by atoms with Gasteiger partial charge in [-0.15, -0.1) is 6.58 Å². The summed E-state index contributed by atoms with van der Waals surface area (Å²) >= 11 is 0. The molecule has 0 aromatic heterocycles. The smallest absolute Gasteiger partial charge is 0.00428 e. The van der Waals surface area contributed by atoms with Crippen molar-refractivity contribution in [2.45, 2.75) is 46.5 Å². The van der Waals surface area contributed by atoms with Gasteiger partial charge in [0.25, 0.3) is 0 Å². The Kier molecular flexibility index (Phi) is 5.37. The Bertz CT molecular complexity index is 397. The zero-order chi connectivity index (χ0) is 14.5. The normalized spacial score (nSPS) is 15.0. The summed E-state index contributed by atoms with van der Waals surface area (Å²) in [6, 6.07) is 9.03. The van der Waals surface area contributed by atoms with Crippen LogP contribution in [0.2, 0.25) is 0 Å². The number of hydrogen-bond acceptors (Lipinski definition) is 1.